The van der Waals surface area contributed by atoms with Gasteiger partial charge in [0.2, 0.25) is 12.1 Å². The van der Waals surface area contributed by atoms with Gasteiger partial charge < -0.3 is 25.1 Å². The first-order valence-corrected chi connectivity index (χ1v) is 9.37. The van der Waals surface area contributed by atoms with E-state index in [1.54, 1.807) is 43.5 Å². The van der Waals surface area contributed by atoms with Gasteiger partial charge in [0.15, 0.2) is 5.54 Å². The minimum absolute atomic E-state index is 0.108. The van der Waals surface area contributed by atoms with Crippen LogP contribution in [0.15, 0.2) is 58.8 Å². The van der Waals surface area contributed by atoms with E-state index in [1.165, 1.54) is 4.90 Å². The molecule has 4 N–H and O–H groups in total. The lowest BCUT2D eigenvalue weighted by Gasteiger charge is -2.29. The summed E-state index contributed by atoms with van der Waals surface area (Å²) in [6.07, 6.45) is 5.75. The lowest BCUT2D eigenvalue weighted by molar-refractivity contribution is -0.127. The van der Waals surface area contributed by atoms with Crippen molar-refractivity contribution >= 4 is 35.3 Å². The molecule has 1 fully saturated rings. The van der Waals surface area contributed by atoms with E-state index in [9.17, 15) is 14.4 Å². The molecular weight excluding hydrogens is 402 g/mol. The highest BCUT2D eigenvalue weighted by Gasteiger charge is 2.51. The number of methoxy groups -OCH3 is 1. The zero-order chi connectivity index (χ0) is 22.6. The number of nitrogens with zero attached hydrogens (tertiary/aromatic N) is 2. The van der Waals surface area contributed by atoms with E-state index < -0.39 is 17.5 Å². The molecule has 10 nitrogen and oxygen atoms in total. The number of hydrogen-bond acceptors (Lipinski definition) is 7. The highest BCUT2D eigenvalue weighted by molar-refractivity contribution is 6.07. The van der Waals surface area contributed by atoms with E-state index in [0.29, 0.717) is 23.1 Å². The Morgan fingerprint density at radius 3 is 2.77 bits per heavy atom. The summed E-state index contributed by atoms with van der Waals surface area (Å²) in [5.74, 6) is 0.365. The largest absolute Gasteiger partial charge is 0.497 e. The summed E-state index contributed by atoms with van der Waals surface area (Å²) in [4.78, 5) is 41.9. The van der Waals surface area contributed by atoms with Gasteiger partial charge in [-0.2, -0.15) is 4.98 Å². The lowest BCUT2D eigenvalue weighted by Crippen LogP contribution is -2.52. The van der Waals surface area contributed by atoms with Gasteiger partial charge in [0.05, 0.1) is 13.7 Å². The molecule has 4 amide bonds. The number of amides is 4. The fraction of sp³-hybridized carbons (Fsp3) is 0.238. The number of urea groups is 1. The van der Waals surface area contributed by atoms with Crippen LogP contribution in [-0.4, -0.2) is 48.4 Å². The normalized spacial score (nSPS) is 18.8. The van der Waals surface area contributed by atoms with Crippen molar-refractivity contribution in [2.24, 2.45) is 0 Å². The molecule has 2 aromatic rings. The fourth-order valence-corrected chi connectivity index (χ4v) is 3.23. The molecule has 3 rings (SSSR count). The second kappa shape index (κ2) is 8.74. The molecule has 0 spiro atoms. The smallest absolute Gasteiger partial charge is 0.322 e. The Morgan fingerprint density at radius 1 is 1.39 bits per heavy atom. The molecule has 1 atom stereocenters. The molecule has 10 heteroatoms. The number of fused-ring (bicyclic) bond motifs is 1. The van der Waals surface area contributed by atoms with Crippen LogP contribution in [0.4, 0.5) is 10.6 Å². The van der Waals surface area contributed by atoms with Crippen molar-refractivity contribution in [3.63, 3.8) is 0 Å². The number of imide groups is 1. The number of rotatable bonds is 9. The van der Waals surface area contributed by atoms with Gasteiger partial charge >= 0.3 is 6.03 Å². The Morgan fingerprint density at radius 2 is 2.16 bits per heavy atom. The van der Waals surface area contributed by atoms with Crippen LogP contribution in [0, 0.1) is 0 Å². The van der Waals surface area contributed by atoms with Crippen molar-refractivity contribution in [3.8, 4) is 0 Å². The number of aromatic nitrogens is 1. The number of allylic oxidation sites excluding steroid dienone is 2. The number of nitrogen functional groups attached to an aromatic ring is 1. The van der Waals surface area contributed by atoms with Gasteiger partial charge in [-0.25, -0.2) is 4.79 Å². The Hall–Kier alpha value is -4.08. The highest BCUT2D eigenvalue weighted by Crippen LogP contribution is 2.31. The van der Waals surface area contributed by atoms with Gasteiger partial charge in [-0.1, -0.05) is 12.7 Å². The summed E-state index contributed by atoms with van der Waals surface area (Å²) in [5, 5.41) is 5.39. The minimum Gasteiger partial charge on any atom is -0.497 e. The number of carbonyl (C=O) groups excluding carboxylic acids is 3. The topological polar surface area (TPSA) is 140 Å². The van der Waals surface area contributed by atoms with Crippen LogP contribution in [0.2, 0.25) is 0 Å². The fourth-order valence-electron chi connectivity index (χ4n) is 3.23. The van der Waals surface area contributed by atoms with Crippen LogP contribution < -0.4 is 16.4 Å². The average molecular weight is 425 g/mol. The van der Waals surface area contributed by atoms with Crippen LogP contribution in [0.3, 0.4) is 0 Å². The maximum Gasteiger partial charge on any atom is 0.322 e. The molecule has 1 aliphatic heterocycles. The molecule has 0 aromatic carbocycles. The Labute approximate surface area is 178 Å². The first-order valence-electron chi connectivity index (χ1n) is 9.37. The first kappa shape index (κ1) is 21.6. The van der Waals surface area contributed by atoms with E-state index in [-0.39, 0.29) is 30.4 Å². The summed E-state index contributed by atoms with van der Waals surface area (Å²) in [5.41, 5.74) is 4.87. The van der Waals surface area contributed by atoms with E-state index in [1.807, 2.05) is 6.92 Å². The highest BCUT2D eigenvalue weighted by atomic mass is 16.5. The Balaban J connectivity index is 1.90. The predicted molar refractivity (Wildman–Crippen MR) is 113 cm³/mol. The standard InChI is InChI=1S/C21H23N5O5/c1-4-15(30-3)7-5-13(2)10-26(12-27)11-21(19(28)24-20(29)25-21)16-9-14-6-8-17(22)23-18(14)31-16/h4-9,12H,2,10-11H2,1,3H3,(H2,22,23)(H2,24,25,28,29)/b7-5-,15-4+/t21-/m0/s1. The van der Waals surface area contributed by atoms with Crippen molar-refractivity contribution in [3.05, 3.63) is 60.1 Å². The summed E-state index contributed by atoms with van der Waals surface area (Å²) in [6, 6.07) is 4.17. The second-order valence-corrected chi connectivity index (χ2v) is 6.95. The number of carbonyl (C=O) groups is 3. The summed E-state index contributed by atoms with van der Waals surface area (Å²) in [7, 11) is 1.54. The van der Waals surface area contributed by atoms with E-state index >= 15 is 0 Å². The molecule has 1 saturated heterocycles. The summed E-state index contributed by atoms with van der Waals surface area (Å²) >= 11 is 0. The number of anilines is 1. The monoisotopic (exact) mass is 425 g/mol. The van der Waals surface area contributed by atoms with Gasteiger partial charge in [-0.3, -0.25) is 14.9 Å². The van der Waals surface area contributed by atoms with Gasteiger partial charge in [-0.15, -0.1) is 0 Å². The summed E-state index contributed by atoms with van der Waals surface area (Å²) < 4.78 is 10.9. The third-order valence-corrected chi connectivity index (χ3v) is 4.77. The Bertz CT molecular complexity index is 1100. The van der Waals surface area contributed by atoms with E-state index in [4.69, 9.17) is 14.9 Å². The van der Waals surface area contributed by atoms with Crippen molar-refractivity contribution in [1.82, 2.24) is 20.5 Å². The molecule has 3 heterocycles. The zero-order valence-electron chi connectivity index (χ0n) is 17.2. The third-order valence-electron chi connectivity index (χ3n) is 4.77. The minimum atomic E-state index is -1.63. The van der Waals surface area contributed by atoms with E-state index in [0.717, 1.165) is 0 Å². The van der Waals surface area contributed by atoms with Gasteiger partial charge in [0.1, 0.15) is 17.3 Å². The molecule has 0 aliphatic carbocycles. The van der Waals surface area contributed by atoms with Crippen LogP contribution in [0.1, 0.15) is 12.7 Å². The number of ether oxygens (including phenoxy) is 1. The van der Waals surface area contributed by atoms with Crippen molar-refractivity contribution in [2.75, 3.05) is 25.9 Å². The Kier molecular flexibility index (Phi) is 6.10. The number of hydrogen-bond donors (Lipinski definition) is 3. The number of nitrogens with one attached hydrogen (secondary N) is 2. The number of nitrogens with two attached hydrogens (primary N) is 1. The van der Waals surface area contributed by atoms with Crippen molar-refractivity contribution < 1.29 is 23.5 Å². The van der Waals surface area contributed by atoms with E-state index in [2.05, 4.69) is 22.2 Å². The number of furan rings is 1. The predicted octanol–water partition coefficient (Wildman–Crippen LogP) is 1.57. The van der Waals surface area contributed by atoms with Gasteiger partial charge in [0, 0.05) is 11.9 Å². The number of pyridine rings is 1. The molecule has 2 aromatic heterocycles. The molecule has 0 saturated carbocycles. The van der Waals surface area contributed by atoms with Crippen LogP contribution in [0.25, 0.3) is 11.1 Å². The maximum absolute atomic E-state index is 12.8. The van der Waals surface area contributed by atoms with Crippen LogP contribution >= 0.6 is 0 Å². The molecule has 0 bridgehead atoms. The lowest BCUT2D eigenvalue weighted by atomic mass is 9.95. The molecule has 162 valence electrons. The molecule has 31 heavy (non-hydrogen) atoms. The van der Waals surface area contributed by atoms with Crippen molar-refractivity contribution in [1.29, 1.82) is 0 Å². The van der Waals surface area contributed by atoms with Gasteiger partial charge in [-0.05, 0) is 42.8 Å². The van der Waals surface area contributed by atoms with Crippen LogP contribution in [0.5, 0.6) is 0 Å². The molecular formula is C21H23N5O5. The molecule has 0 unspecified atom stereocenters. The maximum atomic E-state index is 12.8. The average Bonchev–Trinajstić information content (AvgIpc) is 3.28. The summed E-state index contributed by atoms with van der Waals surface area (Å²) in [6.45, 7) is 5.67. The second-order valence-electron chi connectivity index (χ2n) is 6.95. The first-order chi connectivity index (χ1) is 14.8. The zero-order valence-corrected chi connectivity index (χ0v) is 17.2. The molecule has 1 aliphatic rings. The van der Waals surface area contributed by atoms with Crippen molar-refractivity contribution in [2.45, 2.75) is 12.5 Å². The quantitative estimate of drug-likeness (QED) is 0.240. The van der Waals surface area contributed by atoms with Gasteiger partial charge in [0.25, 0.3) is 5.91 Å². The molecule has 0 radical (unpaired) electrons. The van der Waals surface area contributed by atoms with Crippen LogP contribution in [-0.2, 0) is 19.9 Å². The third kappa shape index (κ3) is 4.42. The SMILES string of the molecule is C=C(/C=C\C(=C/C)OC)CN(C=O)C[C@@]1(c2cc3ccc(N)nc3o2)NC(=O)NC1=O.